The Labute approximate surface area is 59.3 Å². The Bertz CT molecular complexity index is 181. The van der Waals surface area contributed by atoms with Crippen LogP contribution >= 0.6 is 11.3 Å². The van der Waals surface area contributed by atoms with Gasteiger partial charge in [0.1, 0.15) is 5.75 Å². The van der Waals surface area contributed by atoms with Crippen molar-refractivity contribution in [2.75, 3.05) is 6.61 Å². The summed E-state index contributed by atoms with van der Waals surface area (Å²) < 4.78 is 5.18. The van der Waals surface area contributed by atoms with Crippen molar-refractivity contribution >= 4 is 11.3 Å². The fraction of sp³-hybridized carbons (Fsp3) is 0.429. The van der Waals surface area contributed by atoms with Gasteiger partial charge in [0, 0.05) is 16.3 Å². The molecule has 0 bridgehead atoms. The topological polar surface area (TPSA) is 9.23 Å². The molecular weight excluding hydrogens is 132 g/mol. The van der Waals surface area contributed by atoms with Crippen LogP contribution in [0.5, 0.6) is 5.75 Å². The van der Waals surface area contributed by atoms with Crippen molar-refractivity contribution in [1.29, 1.82) is 0 Å². The fourth-order valence-electron chi connectivity index (χ4n) is 0.600. The summed E-state index contributed by atoms with van der Waals surface area (Å²) in [6, 6.07) is 3.07. The zero-order chi connectivity index (χ0) is 6.69. The molecule has 2 heteroatoms. The average Bonchev–Trinajstić information content (AvgIpc) is 2.17. The van der Waals surface area contributed by atoms with Gasteiger partial charge in [-0.05, 0) is 13.8 Å². The molecule has 0 saturated heterocycles. The van der Waals surface area contributed by atoms with E-state index in [0.717, 1.165) is 12.4 Å². The molecule has 1 rings (SSSR count). The van der Waals surface area contributed by atoms with E-state index in [0.29, 0.717) is 0 Å². The van der Waals surface area contributed by atoms with Crippen LogP contribution in [0.2, 0.25) is 0 Å². The van der Waals surface area contributed by atoms with Crippen LogP contribution in [0.3, 0.4) is 0 Å². The molecule has 0 spiro atoms. The molecule has 0 unspecified atom stereocenters. The third kappa shape index (κ3) is 1.72. The molecule has 0 aliphatic rings. The zero-order valence-electron chi connectivity index (χ0n) is 5.60. The van der Waals surface area contributed by atoms with E-state index in [1.807, 2.05) is 19.2 Å². The molecule has 49 valence electrons. The number of rotatable bonds is 2. The third-order valence-corrected chi connectivity index (χ3v) is 1.73. The van der Waals surface area contributed by atoms with Gasteiger partial charge in [-0.1, -0.05) is 0 Å². The summed E-state index contributed by atoms with van der Waals surface area (Å²) in [4.78, 5) is 1.18. The van der Waals surface area contributed by atoms with Crippen LogP contribution in [-0.2, 0) is 0 Å². The summed E-state index contributed by atoms with van der Waals surface area (Å²) in [6.07, 6.45) is 0. The molecule has 0 atom stereocenters. The molecule has 1 aromatic rings. The standard InChI is InChI=1S/C7H9OS/c1-3-8-7-4-6(2)9-5-7/h5H,3H2,1-2H3. The maximum Gasteiger partial charge on any atom is 0.138 e. The van der Waals surface area contributed by atoms with Gasteiger partial charge >= 0.3 is 0 Å². The Morgan fingerprint density at radius 1 is 1.78 bits per heavy atom. The van der Waals surface area contributed by atoms with Crippen molar-refractivity contribution in [1.82, 2.24) is 0 Å². The second kappa shape index (κ2) is 2.87. The summed E-state index contributed by atoms with van der Waals surface area (Å²) in [5, 5.41) is 1.97. The van der Waals surface area contributed by atoms with Gasteiger partial charge in [-0.15, -0.1) is 11.3 Å². The molecule has 0 aliphatic carbocycles. The van der Waals surface area contributed by atoms with Gasteiger partial charge < -0.3 is 4.74 Å². The zero-order valence-corrected chi connectivity index (χ0v) is 6.42. The normalized spacial score (nSPS) is 9.56. The van der Waals surface area contributed by atoms with Gasteiger partial charge in [0.2, 0.25) is 0 Å². The van der Waals surface area contributed by atoms with E-state index in [-0.39, 0.29) is 0 Å². The van der Waals surface area contributed by atoms with E-state index in [1.165, 1.54) is 4.88 Å². The third-order valence-electron chi connectivity index (χ3n) is 0.942. The lowest BCUT2D eigenvalue weighted by Gasteiger charge is -1.94. The van der Waals surface area contributed by atoms with E-state index in [9.17, 15) is 0 Å². The summed E-state index contributed by atoms with van der Waals surface area (Å²) in [5.41, 5.74) is 0. The van der Waals surface area contributed by atoms with Crippen LogP contribution in [-0.4, -0.2) is 6.61 Å². The highest BCUT2D eigenvalue weighted by molar-refractivity contribution is 7.10. The number of hydrogen-bond donors (Lipinski definition) is 0. The van der Waals surface area contributed by atoms with Crippen LogP contribution in [0.4, 0.5) is 0 Å². The highest BCUT2D eigenvalue weighted by Crippen LogP contribution is 2.18. The second-order valence-electron chi connectivity index (χ2n) is 1.71. The molecule has 0 aliphatic heterocycles. The first kappa shape index (κ1) is 6.62. The van der Waals surface area contributed by atoms with E-state index < -0.39 is 0 Å². The van der Waals surface area contributed by atoms with Gasteiger partial charge in [0.15, 0.2) is 0 Å². The van der Waals surface area contributed by atoms with Crippen molar-refractivity contribution in [3.8, 4) is 5.75 Å². The predicted octanol–water partition coefficient (Wildman–Crippen LogP) is 2.26. The van der Waals surface area contributed by atoms with Crippen molar-refractivity contribution < 1.29 is 4.74 Å². The van der Waals surface area contributed by atoms with Gasteiger partial charge in [0.25, 0.3) is 0 Å². The molecule has 1 heterocycles. The molecule has 9 heavy (non-hydrogen) atoms. The predicted molar refractivity (Wildman–Crippen MR) is 39.1 cm³/mol. The Morgan fingerprint density at radius 2 is 2.56 bits per heavy atom. The summed E-state index contributed by atoms with van der Waals surface area (Å²) in [7, 11) is 0. The van der Waals surface area contributed by atoms with Crippen molar-refractivity contribution in [2.24, 2.45) is 0 Å². The maximum absolute atomic E-state index is 5.18. The molecule has 0 fully saturated rings. The van der Waals surface area contributed by atoms with E-state index in [2.05, 4.69) is 6.07 Å². The Hall–Kier alpha value is -0.500. The lowest BCUT2D eigenvalue weighted by molar-refractivity contribution is 0.341. The summed E-state index contributed by atoms with van der Waals surface area (Å²) in [5.74, 6) is 0.875. The molecule has 0 saturated carbocycles. The number of aryl methyl sites for hydroxylation is 1. The van der Waals surface area contributed by atoms with Crippen LogP contribution in [0.15, 0.2) is 5.38 Å². The molecular formula is C7H9OS. The lowest BCUT2D eigenvalue weighted by atomic mass is 10.5. The lowest BCUT2D eigenvalue weighted by Crippen LogP contribution is -1.88. The number of ether oxygens (including phenoxy) is 1. The number of thiophene rings is 1. The largest absolute Gasteiger partial charge is 0.492 e. The van der Waals surface area contributed by atoms with E-state index in [1.54, 1.807) is 11.3 Å². The van der Waals surface area contributed by atoms with E-state index >= 15 is 0 Å². The smallest absolute Gasteiger partial charge is 0.138 e. The van der Waals surface area contributed by atoms with Gasteiger partial charge in [-0.2, -0.15) is 0 Å². The Morgan fingerprint density at radius 3 is 3.00 bits per heavy atom. The van der Waals surface area contributed by atoms with Crippen LogP contribution in [0.1, 0.15) is 11.8 Å². The molecule has 1 nitrogen and oxygen atoms in total. The minimum Gasteiger partial charge on any atom is -0.492 e. The van der Waals surface area contributed by atoms with Crippen LogP contribution in [0.25, 0.3) is 0 Å². The monoisotopic (exact) mass is 141 g/mol. The highest BCUT2D eigenvalue weighted by atomic mass is 32.1. The summed E-state index contributed by atoms with van der Waals surface area (Å²) in [6.45, 7) is 4.72. The first-order chi connectivity index (χ1) is 4.33. The van der Waals surface area contributed by atoms with Crippen LogP contribution in [0, 0.1) is 13.0 Å². The molecule has 0 amide bonds. The minimum atomic E-state index is 0.729. The van der Waals surface area contributed by atoms with Crippen molar-refractivity contribution in [3.63, 3.8) is 0 Å². The molecule has 0 N–H and O–H groups in total. The maximum atomic E-state index is 5.18. The first-order valence-corrected chi connectivity index (χ1v) is 3.81. The second-order valence-corrected chi connectivity index (χ2v) is 2.80. The first-order valence-electron chi connectivity index (χ1n) is 2.93. The van der Waals surface area contributed by atoms with Gasteiger partial charge in [-0.3, -0.25) is 0 Å². The van der Waals surface area contributed by atoms with Gasteiger partial charge in [0.05, 0.1) is 6.61 Å². The quantitative estimate of drug-likeness (QED) is 0.613. The molecule has 1 radical (unpaired) electrons. The molecule has 0 aromatic carbocycles. The number of hydrogen-bond acceptors (Lipinski definition) is 2. The molecule has 1 aromatic heterocycles. The SMILES string of the molecule is CCOc1[c]c(C)sc1. The van der Waals surface area contributed by atoms with Crippen molar-refractivity contribution in [3.05, 3.63) is 16.3 Å². The van der Waals surface area contributed by atoms with Gasteiger partial charge in [-0.25, -0.2) is 0 Å². The van der Waals surface area contributed by atoms with Crippen LogP contribution < -0.4 is 4.74 Å². The minimum absolute atomic E-state index is 0.729. The average molecular weight is 141 g/mol. The Balaban J connectivity index is 2.61. The van der Waals surface area contributed by atoms with E-state index in [4.69, 9.17) is 4.74 Å². The highest BCUT2D eigenvalue weighted by Gasteiger charge is 1.93. The Kier molecular flexibility index (Phi) is 2.11. The fourth-order valence-corrected chi connectivity index (χ4v) is 1.17. The summed E-state index contributed by atoms with van der Waals surface area (Å²) >= 11 is 1.66. The van der Waals surface area contributed by atoms with Crippen molar-refractivity contribution in [2.45, 2.75) is 13.8 Å².